The molecule has 3 fully saturated rings. The van der Waals surface area contributed by atoms with Gasteiger partial charge >= 0.3 is 0 Å². The number of piperazine rings is 2. The molecule has 9 heterocycles. The summed E-state index contributed by atoms with van der Waals surface area (Å²) in [7, 11) is 2.21. The molecule has 0 bridgehead atoms. The van der Waals surface area contributed by atoms with E-state index in [1.807, 2.05) is 92.7 Å². The number of Topliss-reactive ketones (excluding diaryl/α,β-unsaturated/α-hetero) is 3. The molecule has 2 aliphatic carbocycles. The van der Waals surface area contributed by atoms with E-state index in [-0.39, 0.29) is 23.1 Å². The van der Waals surface area contributed by atoms with Crippen LogP contribution in [-0.4, -0.2) is 150 Å². The Morgan fingerprint density at radius 2 is 1.16 bits per heavy atom. The van der Waals surface area contributed by atoms with Crippen LogP contribution in [-0.2, 0) is 30.5 Å². The molecule has 11 aromatic rings. The Balaban J connectivity index is 0.000000132. The van der Waals surface area contributed by atoms with Crippen molar-refractivity contribution in [3.05, 3.63) is 268 Å². The van der Waals surface area contributed by atoms with Gasteiger partial charge in [-0.05, 0) is 216 Å². The SMILES string of the molecule is CC(=O)c1cc(C)cc(-c2ccc(Cc3ccc(N4CCN(C(C)C)CC4)cc3)c3nccn23)c1.CC1CN(c2ccc(Cc3ccc(C4=CC(=O)CC=C4)n4ccnc34)cc2)C(C)CN1C.CCN1CCCC1CCC(=O)c1ccc(Cc2ccc(-c3ccc4c(c3)CCC4=O)n3ccnc23)cc1. The Bertz CT molecular complexity index is 5010. The molecule has 0 N–H and O–H groups in total. The number of fused-ring (bicyclic) bond motifs is 4. The van der Waals surface area contributed by atoms with Crippen LogP contribution in [0, 0.1) is 6.92 Å². The summed E-state index contributed by atoms with van der Waals surface area (Å²) in [6.07, 6.45) is 25.5. The molecule has 6 aromatic heterocycles. The maximum Gasteiger partial charge on any atom is 0.163 e. The summed E-state index contributed by atoms with van der Waals surface area (Å²) in [5.41, 5.74) is 23.5. The van der Waals surface area contributed by atoms with E-state index < -0.39 is 0 Å². The van der Waals surface area contributed by atoms with Crippen LogP contribution in [0.2, 0.25) is 0 Å². The zero-order valence-corrected chi connectivity index (χ0v) is 61.6. The predicted molar refractivity (Wildman–Crippen MR) is 420 cm³/mol. The van der Waals surface area contributed by atoms with Crippen LogP contribution in [0.1, 0.15) is 161 Å². The second kappa shape index (κ2) is 31.4. The third-order valence-electron chi connectivity index (χ3n) is 22.2. The number of imidazole rings is 3. The standard InChI is InChI=1S/C32H33N3O2.C30H34N4O.C27H30N4O/c1-2-34-18-3-4-27(34)12-16-30(36)23-7-5-22(6-8-23)20-26-10-14-29(35-19-17-33-32(26)35)25-9-13-28-24(21-25)11-15-31(28)37;1-21(2)32-13-15-33(16-14-32)28-8-5-24(6-9-28)19-25-7-10-29(34-12-11-31-30(25)34)27-18-22(3)17-26(20-27)23(4)35;1-19-18-31(20(2)17-29(19)3)24-10-7-21(8-11-24)15-23-9-12-26(30-14-13-28-27(23)30)22-5-4-6-25(32)16-22/h5-10,13-14,17,19,21,27H,2-4,11-12,15-16,18,20H2,1H3;5-12,17-18,20-21H,13-16,19H2,1-4H3;4-5,7-14,16,19-20H,6,15,17-18H2,1-3H3. The average molecular weight is 1380 g/mol. The van der Waals surface area contributed by atoms with Gasteiger partial charge in [-0.1, -0.05) is 97.9 Å². The highest BCUT2D eigenvalue weighted by Gasteiger charge is 2.28. The molecule has 3 aliphatic heterocycles. The molecule has 16 rings (SSSR count). The summed E-state index contributed by atoms with van der Waals surface area (Å²) >= 11 is 0. The van der Waals surface area contributed by atoms with Crippen LogP contribution >= 0.6 is 0 Å². The van der Waals surface area contributed by atoms with Crippen LogP contribution in [0.25, 0.3) is 45.0 Å². The molecular weight excluding hydrogens is 1290 g/mol. The topological polar surface area (TPSA) is 136 Å². The fourth-order valence-electron chi connectivity index (χ4n) is 16.2. The van der Waals surface area contributed by atoms with Crippen molar-refractivity contribution in [1.82, 2.24) is 42.9 Å². The molecule has 15 heteroatoms. The second-order valence-electron chi connectivity index (χ2n) is 29.6. The monoisotopic (exact) mass is 1380 g/mol. The first-order valence-corrected chi connectivity index (χ1v) is 37.5. The van der Waals surface area contributed by atoms with Crippen molar-refractivity contribution in [2.45, 2.75) is 137 Å². The van der Waals surface area contributed by atoms with Gasteiger partial charge in [0.15, 0.2) is 23.1 Å². The number of hydrogen-bond acceptors (Lipinski definition) is 12. The Kier molecular flexibility index (Phi) is 21.4. The number of allylic oxidation sites excluding steroid dienone is 4. The Hall–Kier alpha value is -10.2. The summed E-state index contributed by atoms with van der Waals surface area (Å²) in [5, 5.41) is 0. The van der Waals surface area contributed by atoms with Crippen molar-refractivity contribution in [2.24, 2.45) is 0 Å². The lowest BCUT2D eigenvalue weighted by Gasteiger charge is -2.43. The van der Waals surface area contributed by atoms with Crippen molar-refractivity contribution in [2.75, 3.05) is 69.2 Å². The number of rotatable bonds is 18. The maximum atomic E-state index is 12.8. The van der Waals surface area contributed by atoms with Gasteiger partial charge in [0.2, 0.25) is 0 Å². The lowest BCUT2D eigenvalue weighted by molar-refractivity contribution is -0.113. The number of ketones is 4. The van der Waals surface area contributed by atoms with Crippen LogP contribution in [0.15, 0.2) is 201 Å². The highest BCUT2D eigenvalue weighted by Crippen LogP contribution is 2.33. The molecule has 3 unspecified atom stereocenters. The summed E-state index contributed by atoms with van der Waals surface area (Å²) in [4.78, 5) is 75.2. The van der Waals surface area contributed by atoms with E-state index in [1.165, 1.54) is 53.0 Å². The summed E-state index contributed by atoms with van der Waals surface area (Å²) in [6, 6.07) is 53.4. The van der Waals surface area contributed by atoms with Gasteiger partial charge in [0.05, 0.1) is 17.1 Å². The lowest BCUT2D eigenvalue weighted by atomic mass is 9.98. The fraction of sp³-hybridized carbons (Fsp3) is 0.337. The van der Waals surface area contributed by atoms with Crippen molar-refractivity contribution >= 4 is 57.0 Å². The van der Waals surface area contributed by atoms with Gasteiger partial charge < -0.3 is 14.7 Å². The molecular formula is C89H97N11O4. The van der Waals surface area contributed by atoms with Gasteiger partial charge in [-0.25, -0.2) is 15.0 Å². The summed E-state index contributed by atoms with van der Waals surface area (Å²) in [5.74, 6) is 0.711. The molecule has 5 aliphatic rings. The number of likely N-dealkylation sites (N-methyl/N-ethyl adjacent to an activating group) is 1. The highest BCUT2D eigenvalue weighted by molar-refractivity contribution is 6.02. The quantitative estimate of drug-likeness (QED) is 0.0756. The zero-order valence-electron chi connectivity index (χ0n) is 61.6. The molecule has 3 atom stereocenters. The second-order valence-corrected chi connectivity index (χ2v) is 29.6. The van der Waals surface area contributed by atoms with Gasteiger partial charge in [-0.2, -0.15) is 0 Å². The largest absolute Gasteiger partial charge is 0.369 e. The smallest absolute Gasteiger partial charge is 0.163 e. The Morgan fingerprint density at radius 3 is 1.75 bits per heavy atom. The van der Waals surface area contributed by atoms with Crippen LogP contribution in [0.3, 0.4) is 0 Å². The lowest BCUT2D eigenvalue weighted by Crippen LogP contribution is -2.55. The van der Waals surface area contributed by atoms with Gasteiger partial charge in [0.25, 0.3) is 0 Å². The first-order valence-electron chi connectivity index (χ1n) is 37.5. The van der Waals surface area contributed by atoms with E-state index in [4.69, 9.17) is 0 Å². The molecule has 0 spiro atoms. The number of benzene rings is 5. The first kappa shape index (κ1) is 70.8. The van der Waals surface area contributed by atoms with Crippen molar-refractivity contribution in [3.8, 4) is 22.5 Å². The Morgan fingerprint density at radius 1 is 0.587 bits per heavy atom. The molecule has 0 radical (unpaired) electrons. The van der Waals surface area contributed by atoms with Crippen LogP contribution in [0.5, 0.6) is 0 Å². The number of carbonyl (C=O) groups excluding carboxylic acids is 4. The number of hydrogen-bond donors (Lipinski definition) is 0. The van der Waals surface area contributed by atoms with E-state index in [0.29, 0.717) is 43.4 Å². The molecule has 532 valence electrons. The molecule has 0 saturated carbocycles. The van der Waals surface area contributed by atoms with Gasteiger partial charge in [0, 0.05) is 173 Å². The number of aryl methyl sites for hydroxylation is 2. The van der Waals surface area contributed by atoms with Crippen molar-refractivity contribution in [1.29, 1.82) is 0 Å². The van der Waals surface area contributed by atoms with E-state index >= 15 is 0 Å². The number of pyridine rings is 3. The van der Waals surface area contributed by atoms with E-state index in [0.717, 1.165) is 168 Å². The molecule has 0 amide bonds. The number of carbonyl (C=O) groups is 4. The minimum Gasteiger partial charge on any atom is -0.369 e. The Labute approximate surface area is 612 Å². The molecule has 15 nitrogen and oxygen atoms in total. The summed E-state index contributed by atoms with van der Waals surface area (Å²) in [6.45, 7) is 23.8. The number of likely N-dealkylation sites (tertiary alicyclic amines) is 1. The van der Waals surface area contributed by atoms with E-state index in [1.54, 1.807) is 13.0 Å². The van der Waals surface area contributed by atoms with Gasteiger partial charge in [-0.3, -0.25) is 42.2 Å². The van der Waals surface area contributed by atoms with E-state index in [2.05, 4.69) is 204 Å². The van der Waals surface area contributed by atoms with Crippen molar-refractivity contribution in [3.63, 3.8) is 0 Å². The molecule has 3 saturated heterocycles. The fourth-order valence-corrected chi connectivity index (χ4v) is 16.2. The van der Waals surface area contributed by atoms with Crippen molar-refractivity contribution < 1.29 is 19.2 Å². The normalized spacial score (nSPS) is 17.9. The average Bonchev–Trinajstić information content (AvgIpc) is 1.57. The third kappa shape index (κ3) is 15.7. The number of nitrogens with zero attached hydrogens (tertiary/aromatic N) is 11. The highest BCUT2D eigenvalue weighted by atomic mass is 16.1. The number of aromatic nitrogens is 6. The molecule has 104 heavy (non-hydrogen) atoms. The van der Waals surface area contributed by atoms with Gasteiger partial charge in [0.1, 0.15) is 16.9 Å². The maximum absolute atomic E-state index is 12.8. The van der Waals surface area contributed by atoms with Gasteiger partial charge in [-0.15, -0.1) is 0 Å². The first-order chi connectivity index (χ1) is 50.5. The van der Waals surface area contributed by atoms with Crippen LogP contribution in [0.4, 0.5) is 11.4 Å². The zero-order chi connectivity index (χ0) is 72.1. The number of anilines is 2. The molecule has 5 aromatic carbocycles. The van der Waals surface area contributed by atoms with Crippen LogP contribution < -0.4 is 9.80 Å². The minimum atomic E-state index is 0.0821. The minimum absolute atomic E-state index is 0.0821. The summed E-state index contributed by atoms with van der Waals surface area (Å²) < 4.78 is 6.36. The third-order valence-corrected chi connectivity index (χ3v) is 22.2. The van der Waals surface area contributed by atoms with E-state index in [9.17, 15) is 19.2 Å². The predicted octanol–water partition coefficient (Wildman–Crippen LogP) is 16.2.